The number of nitrogens with zero attached hydrogens (tertiary/aromatic N) is 1. The molecule has 3 atom stereocenters. The fourth-order valence-corrected chi connectivity index (χ4v) is 4.58. The lowest BCUT2D eigenvalue weighted by Gasteiger charge is -2.33. The minimum atomic E-state index is -0.201. The first-order valence-electron chi connectivity index (χ1n) is 9.41. The minimum absolute atomic E-state index is 0.0955. The van der Waals surface area contributed by atoms with Gasteiger partial charge in [-0.3, -0.25) is 9.37 Å². The molecule has 0 fully saturated rings. The van der Waals surface area contributed by atoms with Crippen LogP contribution in [0.25, 0.3) is 10.6 Å². The number of halogens is 1. The highest BCUT2D eigenvalue weighted by Crippen LogP contribution is 2.42. The summed E-state index contributed by atoms with van der Waals surface area (Å²) < 4.78 is 12.7. The van der Waals surface area contributed by atoms with Gasteiger partial charge in [-0.15, -0.1) is 11.3 Å². The molecular weight excluding hydrogens is 329 g/mol. The summed E-state index contributed by atoms with van der Waals surface area (Å²) in [6.07, 6.45) is 5.19. The predicted molar refractivity (Wildman–Crippen MR) is 108 cm³/mol. The molecule has 25 heavy (non-hydrogen) atoms. The molecule has 0 aliphatic rings. The molecule has 2 rings (SSSR count). The van der Waals surface area contributed by atoms with E-state index in [1.807, 2.05) is 19.2 Å². The van der Waals surface area contributed by atoms with Gasteiger partial charge in [-0.1, -0.05) is 47.1 Å². The number of aromatic nitrogens is 1. The van der Waals surface area contributed by atoms with Gasteiger partial charge in [0.2, 0.25) is 0 Å². The highest BCUT2D eigenvalue weighted by Gasteiger charge is 2.31. The zero-order valence-electron chi connectivity index (χ0n) is 16.3. The SMILES string of the molecule is CC(CF)CC(C)CC[C@@H](C)C(C)(C)c1ccsc1-c1ccccn1. The van der Waals surface area contributed by atoms with Gasteiger partial charge in [0.25, 0.3) is 0 Å². The molecule has 0 bridgehead atoms. The molecule has 2 unspecified atom stereocenters. The Hall–Kier alpha value is -1.22. The van der Waals surface area contributed by atoms with E-state index in [0.29, 0.717) is 11.8 Å². The van der Waals surface area contributed by atoms with Crippen LogP contribution < -0.4 is 0 Å². The summed E-state index contributed by atoms with van der Waals surface area (Å²) in [7, 11) is 0. The fourth-order valence-electron chi connectivity index (χ4n) is 3.54. The topological polar surface area (TPSA) is 12.9 Å². The molecule has 1 nitrogen and oxygen atoms in total. The van der Waals surface area contributed by atoms with Gasteiger partial charge in [0.15, 0.2) is 0 Å². The Morgan fingerprint density at radius 1 is 1.08 bits per heavy atom. The molecule has 138 valence electrons. The van der Waals surface area contributed by atoms with E-state index in [1.54, 1.807) is 11.3 Å². The van der Waals surface area contributed by atoms with Crippen LogP contribution in [0.2, 0.25) is 0 Å². The summed E-state index contributed by atoms with van der Waals surface area (Å²) in [5, 5.41) is 2.18. The van der Waals surface area contributed by atoms with Crippen LogP contribution >= 0.6 is 11.3 Å². The molecular formula is C22H32FNS. The van der Waals surface area contributed by atoms with Crippen LogP contribution in [0.3, 0.4) is 0 Å². The van der Waals surface area contributed by atoms with Crippen LogP contribution in [0.15, 0.2) is 35.8 Å². The van der Waals surface area contributed by atoms with Crippen LogP contribution in [-0.2, 0) is 5.41 Å². The first-order valence-corrected chi connectivity index (χ1v) is 10.3. The monoisotopic (exact) mass is 361 g/mol. The molecule has 3 heteroatoms. The molecule has 0 saturated carbocycles. The van der Waals surface area contributed by atoms with Gasteiger partial charge in [-0.05, 0) is 65.2 Å². The molecule has 0 aliphatic carbocycles. The van der Waals surface area contributed by atoms with Gasteiger partial charge in [0.1, 0.15) is 0 Å². The lowest BCUT2D eigenvalue weighted by Crippen LogP contribution is -2.27. The van der Waals surface area contributed by atoms with Crippen molar-refractivity contribution in [1.29, 1.82) is 0 Å². The van der Waals surface area contributed by atoms with E-state index in [4.69, 9.17) is 0 Å². The van der Waals surface area contributed by atoms with E-state index in [1.165, 1.54) is 16.9 Å². The number of rotatable bonds is 9. The van der Waals surface area contributed by atoms with E-state index in [0.717, 1.165) is 18.5 Å². The van der Waals surface area contributed by atoms with Crippen molar-refractivity contribution in [3.8, 4) is 10.6 Å². The normalized spacial score (nSPS) is 15.8. The average molecular weight is 362 g/mol. The third-order valence-corrected chi connectivity index (χ3v) is 6.59. The Bertz CT molecular complexity index is 634. The lowest BCUT2D eigenvalue weighted by molar-refractivity contribution is 0.270. The van der Waals surface area contributed by atoms with Crippen LogP contribution in [0.4, 0.5) is 4.39 Å². The number of hydrogen-bond acceptors (Lipinski definition) is 2. The number of hydrogen-bond donors (Lipinski definition) is 0. The maximum atomic E-state index is 12.7. The maximum Gasteiger partial charge on any atom is 0.0920 e. The third kappa shape index (κ3) is 5.13. The van der Waals surface area contributed by atoms with Crippen LogP contribution in [0.5, 0.6) is 0 Å². The van der Waals surface area contributed by atoms with Crippen molar-refractivity contribution in [3.05, 3.63) is 41.4 Å². The number of pyridine rings is 1. The number of thiophene rings is 1. The summed E-state index contributed by atoms with van der Waals surface area (Å²) in [6.45, 7) is 11.1. The second kappa shape index (κ2) is 8.93. The zero-order valence-corrected chi connectivity index (χ0v) is 17.1. The second-order valence-corrected chi connectivity index (χ2v) is 9.09. The van der Waals surface area contributed by atoms with E-state index in [9.17, 15) is 4.39 Å². The second-order valence-electron chi connectivity index (χ2n) is 8.18. The molecule has 2 aromatic rings. The Morgan fingerprint density at radius 3 is 2.48 bits per heavy atom. The van der Waals surface area contributed by atoms with Gasteiger partial charge in [-0.25, -0.2) is 0 Å². The van der Waals surface area contributed by atoms with Crippen molar-refractivity contribution in [2.45, 2.75) is 59.3 Å². The van der Waals surface area contributed by atoms with Crippen molar-refractivity contribution >= 4 is 11.3 Å². The van der Waals surface area contributed by atoms with E-state index >= 15 is 0 Å². The molecule has 2 aromatic heterocycles. The van der Waals surface area contributed by atoms with E-state index < -0.39 is 0 Å². The molecule has 2 heterocycles. The highest BCUT2D eigenvalue weighted by molar-refractivity contribution is 7.13. The maximum absolute atomic E-state index is 12.7. The van der Waals surface area contributed by atoms with Gasteiger partial charge in [-0.2, -0.15) is 0 Å². The molecule has 0 aromatic carbocycles. The predicted octanol–water partition coefficient (Wildman–Crippen LogP) is 7.14. The summed E-state index contributed by atoms with van der Waals surface area (Å²) in [4.78, 5) is 5.83. The highest BCUT2D eigenvalue weighted by atomic mass is 32.1. The fraction of sp³-hybridized carbons (Fsp3) is 0.591. The van der Waals surface area contributed by atoms with Crippen molar-refractivity contribution in [1.82, 2.24) is 4.98 Å². The molecule has 0 saturated heterocycles. The van der Waals surface area contributed by atoms with Crippen molar-refractivity contribution in [3.63, 3.8) is 0 Å². The van der Waals surface area contributed by atoms with Crippen molar-refractivity contribution in [2.24, 2.45) is 17.8 Å². The Labute approximate surface area is 156 Å². The zero-order chi connectivity index (χ0) is 18.4. The van der Waals surface area contributed by atoms with Crippen molar-refractivity contribution < 1.29 is 4.39 Å². The van der Waals surface area contributed by atoms with Crippen LogP contribution in [0, 0.1) is 17.8 Å². The van der Waals surface area contributed by atoms with E-state index in [-0.39, 0.29) is 18.0 Å². The lowest BCUT2D eigenvalue weighted by atomic mass is 9.71. The Morgan fingerprint density at radius 2 is 1.84 bits per heavy atom. The summed E-state index contributed by atoms with van der Waals surface area (Å²) in [6, 6.07) is 8.37. The number of alkyl halides is 1. The third-order valence-electron chi connectivity index (χ3n) is 5.65. The Balaban J connectivity index is 2.07. The van der Waals surface area contributed by atoms with Gasteiger partial charge in [0, 0.05) is 6.20 Å². The quantitative estimate of drug-likeness (QED) is 0.462. The molecule has 0 aliphatic heterocycles. The Kier molecular flexibility index (Phi) is 7.18. The van der Waals surface area contributed by atoms with Gasteiger partial charge >= 0.3 is 0 Å². The first-order chi connectivity index (χ1) is 11.9. The minimum Gasteiger partial charge on any atom is -0.255 e. The molecule has 0 spiro atoms. The largest absolute Gasteiger partial charge is 0.255 e. The summed E-state index contributed by atoms with van der Waals surface area (Å²) in [5.41, 5.74) is 2.56. The standard InChI is InChI=1S/C22H32FNS/c1-16(14-17(2)15-23)9-10-18(3)22(4,5)19-11-13-25-21(19)20-8-6-7-12-24-20/h6-8,11-13,16-18H,9-10,14-15H2,1-5H3/t16?,17?,18-/m1/s1. The van der Waals surface area contributed by atoms with Gasteiger partial charge < -0.3 is 0 Å². The van der Waals surface area contributed by atoms with Crippen molar-refractivity contribution in [2.75, 3.05) is 6.67 Å². The summed E-state index contributed by atoms with van der Waals surface area (Å²) >= 11 is 1.78. The van der Waals surface area contributed by atoms with Crippen LogP contribution in [-0.4, -0.2) is 11.7 Å². The van der Waals surface area contributed by atoms with Crippen LogP contribution in [0.1, 0.15) is 59.4 Å². The first kappa shape index (κ1) is 20.1. The molecule has 0 N–H and O–H groups in total. The molecule has 0 amide bonds. The van der Waals surface area contributed by atoms with E-state index in [2.05, 4.69) is 56.3 Å². The average Bonchev–Trinajstić information content (AvgIpc) is 3.10. The molecule has 0 radical (unpaired) electrons. The van der Waals surface area contributed by atoms with Gasteiger partial charge in [0.05, 0.1) is 17.2 Å². The summed E-state index contributed by atoms with van der Waals surface area (Å²) in [5.74, 6) is 1.33. The smallest absolute Gasteiger partial charge is 0.0920 e.